The van der Waals surface area contributed by atoms with Gasteiger partial charge in [0.05, 0.1) is 16.0 Å². The second kappa shape index (κ2) is 12.4. The molecule has 31 heavy (non-hydrogen) atoms. The van der Waals surface area contributed by atoms with Crippen LogP contribution in [0.25, 0.3) is 0 Å². The minimum absolute atomic E-state index is 0. The molecular weight excluding hydrogens is 452 g/mol. The molecule has 0 spiro atoms. The van der Waals surface area contributed by atoms with Crippen molar-refractivity contribution in [3.8, 4) is 11.5 Å². The number of phenolic OH excluding ortho intramolecular Hbond substituents is 1. The van der Waals surface area contributed by atoms with Gasteiger partial charge in [-0.3, -0.25) is 9.00 Å². The molecule has 2 fully saturated rings. The molecule has 10 radical (unpaired) electrons. The smallest absolute Gasteiger partial charge is 0.508 e. The van der Waals surface area contributed by atoms with Gasteiger partial charge < -0.3 is 9.84 Å². The Kier molecular flexibility index (Phi) is 10.3. The van der Waals surface area contributed by atoms with Crippen molar-refractivity contribution in [3.63, 3.8) is 0 Å². The fraction of sp³-hybridized carbons (Fsp3) is 0.0800. The zero-order valence-corrected chi connectivity index (χ0v) is 19.0. The molecule has 2 aromatic carbocycles. The van der Waals surface area contributed by atoms with Crippen LogP contribution in [0.4, 0.5) is 0 Å². The fourth-order valence-corrected chi connectivity index (χ4v) is 4.09. The van der Waals surface area contributed by atoms with E-state index in [2.05, 4.69) is 0 Å². The summed E-state index contributed by atoms with van der Waals surface area (Å²) >= 11 is 0. The first-order valence-electron chi connectivity index (χ1n) is 9.38. The van der Waals surface area contributed by atoms with E-state index in [4.69, 9.17) is 4.74 Å². The maximum absolute atomic E-state index is 13.0. The first-order chi connectivity index (χ1) is 14.5. The summed E-state index contributed by atoms with van der Waals surface area (Å²) in [4.78, 5) is 12.0. The van der Waals surface area contributed by atoms with Gasteiger partial charge in [0.2, 0.25) is 0 Å². The minimum Gasteiger partial charge on any atom is -0.508 e. The summed E-state index contributed by atoms with van der Waals surface area (Å²) in [6.45, 7) is 3.28. The van der Waals surface area contributed by atoms with Crippen LogP contribution in [0.15, 0.2) is 47.4 Å². The molecule has 4 nitrogen and oxygen atoms in total. The second-order valence-electron chi connectivity index (χ2n) is 6.62. The Morgan fingerprint density at radius 3 is 2.10 bits per heavy atom. The molecule has 0 aromatic heterocycles. The van der Waals surface area contributed by atoms with E-state index >= 15 is 0 Å². The minimum atomic E-state index is -1.39. The van der Waals surface area contributed by atoms with E-state index in [0.717, 1.165) is 5.56 Å². The second-order valence-corrected chi connectivity index (χ2v) is 8.07. The number of carbonyl (C=O) groups excluding carboxylic acids is 1. The standard InChI is InChI=1S/C20H17O4S.C5H5.Fe/c1-13-6-9-16(10-7-13)25(23)20-5-3-4-17(20)18-12-15(22)8-11-19(18)24-14(2)21;1-2-4-5-3-1;/h3-12,22H,1-2H3;1-5H;/q;;+2/t25-;;/m0../s1. The van der Waals surface area contributed by atoms with Crippen LogP contribution < -0.4 is 4.74 Å². The number of esters is 1. The third-order valence-corrected chi connectivity index (χ3v) is 5.73. The van der Waals surface area contributed by atoms with Crippen LogP contribution in [-0.4, -0.2) is 15.3 Å². The molecular formula is C25H22FeO4S+2. The van der Waals surface area contributed by atoms with Crippen molar-refractivity contribution >= 4 is 16.8 Å². The molecule has 4 rings (SSSR count). The van der Waals surface area contributed by atoms with E-state index in [-0.39, 0.29) is 22.8 Å². The van der Waals surface area contributed by atoms with Crippen molar-refractivity contribution in [2.75, 3.05) is 0 Å². The fourth-order valence-electron chi connectivity index (χ4n) is 2.87. The molecule has 0 heterocycles. The monoisotopic (exact) mass is 474 g/mol. The van der Waals surface area contributed by atoms with Crippen molar-refractivity contribution < 1.29 is 35.9 Å². The number of hydrogen-bond acceptors (Lipinski definition) is 4. The Morgan fingerprint density at radius 1 is 0.903 bits per heavy atom. The summed E-state index contributed by atoms with van der Waals surface area (Å²) in [5, 5.41) is 10.4. The number of aryl methyl sites for hydroxylation is 1. The number of aromatic hydroxyl groups is 1. The van der Waals surface area contributed by atoms with E-state index in [1.807, 2.05) is 63.3 Å². The summed E-state index contributed by atoms with van der Waals surface area (Å²) in [5.74, 6) is 0.559. The zero-order valence-electron chi connectivity index (χ0n) is 17.1. The Bertz CT molecular complexity index is 870. The molecule has 0 saturated heterocycles. The van der Waals surface area contributed by atoms with E-state index < -0.39 is 16.8 Å². The molecule has 2 aliphatic rings. The van der Waals surface area contributed by atoms with Gasteiger partial charge in [0.15, 0.2) is 0 Å². The summed E-state index contributed by atoms with van der Waals surface area (Å²) in [6, 6.07) is 12.0. The number of hydrogen-bond donors (Lipinski definition) is 1. The average Bonchev–Trinajstić information content (AvgIpc) is 3.44. The van der Waals surface area contributed by atoms with E-state index in [9.17, 15) is 14.1 Å². The molecule has 0 amide bonds. The van der Waals surface area contributed by atoms with Crippen LogP contribution in [0.2, 0.25) is 0 Å². The molecule has 6 heteroatoms. The first-order valence-corrected chi connectivity index (χ1v) is 10.5. The van der Waals surface area contributed by atoms with Gasteiger partial charge in [0, 0.05) is 23.3 Å². The SMILES string of the molecule is CC(=O)Oc1ccc(O)cc1[C]1[CH][CH][CH][C]1[S@@](=O)c1ccc(C)cc1.[CH]1[CH][CH][CH][CH]1.[Fe+2]. The molecule has 0 bridgehead atoms. The number of rotatable bonds is 4. The molecule has 2 saturated carbocycles. The predicted octanol–water partition coefficient (Wildman–Crippen LogP) is 4.53. The summed E-state index contributed by atoms with van der Waals surface area (Å²) < 4.78 is 18.2. The van der Waals surface area contributed by atoms with Crippen molar-refractivity contribution in [1.29, 1.82) is 0 Å². The third kappa shape index (κ3) is 7.20. The van der Waals surface area contributed by atoms with Gasteiger partial charge in [-0.2, -0.15) is 0 Å². The molecule has 2 aliphatic carbocycles. The topological polar surface area (TPSA) is 63.6 Å². The van der Waals surface area contributed by atoms with Crippen LogP contribution in [0.5, 0.6) is 11.5 Å². The molecule has 158 valence electrons. The van der Waals surface area contributed by atoms with Crippen LogP contribution in [0.3, 0.4) is 0 Å². The largest absolute Gasteiger partial charge is 2.00 e. The van der Waals surface area contributed by atoms with Crippen molar-refractivity contribution in [2.24, 2.45) is 0 Å². The quantitative estimate of drug-likeness (QED) is 0.402. The third-order valence-electron chi connectivity index (χ3n) is 4.27. The summed E-state index contributed by atoms with van der Waals surface area (Å²) in [5.41, 5.74) is 1.62. The Labute approximate surface area is 198 Å². The summed E-state index contributed by atoms with van der Waals surface area (Å²) in [6.07, 6.45) is 15.4. The molecule has 1 atom stereocenters. The van der Waals surface area contributed by atoms with Gasteiger partial charge in [0.25, 0.3) is 0 Å². The summed E-state index contributed by atoms with van der Waals surface area (Å²) in [7, 11) is -1.39. The van der Waals surface area contributed by atoms with E-state index in [1.165, 1.54) is 25.1 Å². The number of carbonyl (C=O) groups is 1. The average molecular weight is 474 g/mol. The maximum atomic E-state index is 13.0. The number of ether oxygens (including phenoxy) is 1. The number of phenols is 1. The maximum Gasteiger partial charge on any atom is 2.00 e. The zero-order chi connectivity index (χ0) is 21.5. The molecule has 1 N–H and O–H groups in total. The van der Waals surface area contributed by atoms with Gasteiger partial charge in [0.1, 0.15) is 11.5 Å². The van der Waals surface area contributed by atoms with E-state index in [1.54, 1.807) is 19.3 Å². The van der Waals surface area contributed by atoms with Gasteiger partial charge in [-0.1, -0.05) is 17.7 Å². The van der Waals surface area contributed by atoms with Crippen LogP contribution in [0.1, 0.15) is 18.1 Å². The van der Waals surface area contributed by atoms with Crippen molar-refractivity contribution in [1.82, 2.24) is 0 Å². The van der Waals surface area contributed by atoms with Gasteiger partial charge in [-0.15, -0.1) is 0 Å². The molecule has 2 aromatic rings. The number of benzene rings is 2. The van der Waals surface area contributed by atoms with Gasteiger partial charge in [-0.25, -0.2) is 0 Å². The van der Waals surface area contributed by atoms with Gasteiger partial charge in [-0.05, 0) is 88.6 Å². The van der Waals surface area contributed by atoms with Crippen LogP contribution >= 0.6 is 0 Å². The molecule has 0 unspecified atom stereocenters. The van der Waals surface area contributed by atoms with E-state index in [0.29, 0.717) is 27.4 Å². The first kappa shape index (κ1) is 25.6. The predicted molar refractivity (Wildman–Crippen MR) is 117 cm³/mol. The van der Waals surface area contributed by atoms with Crippen LogP contribution in [0, 0.1) is 69.5 Å². The Morgan fingerprint density at radius 2 is 1.52 bits per heavy atom. The Hall–Kier alpha value is -1.62. The normalized spacial score (nSPS) is 17.4. The van der Waals surface area contributed by atoms with Crippen LogP contribution in [-0.2, 0) is 32.7 Å². The Balaban J connectivity index is 0.000000501. The molecule has 0 aliphatic heterocycles. The van der Waals surface area contributed by atoms with Crippen molar-refractivity contribution in [2.45, 2.75) is 18.7 Å². The van der Waals surface area contributed by atoms with Crippen molar-refractivity contribution in [3.05, 3.63) is 116 Å². The van der Waals surface area contributed by atoms with Gasteiger partial charge >= 0.3 is 23.0 Å².